The van der Waals surface area contributed by atoms with Gasteiger partial charge in [-0.15, -0.1) is 0 Å². The quantitative estimate of drug-likeness (QED) is 0.603. The van der Waals surface area contributed by atoms with E-state index in [1.165, 1.54) is 18.2 Å². The molecule has 1 aliphatic heterocycles. The van der Waals surface area contributed by atoms with Gasteiger partial charge in [-0.25, -0.2) is 9.18 Å². The molecular formula is C20H17FO5. The third-order valence-electron chi connectivity index (χ3n) is 3.76. The fourth-order valence-electron chi connectivity index (χ4n) is 2.49. The van der Waals surface area contributed by atoms with Crippen LogP contribution < -0.4 is 9.47 Å². The number of ketones is 1. The maximum absolute atomic E-state index is 13.8. The fourth-order valence-corrected chi connectivity index (χ4v) is 2.49. The Bertz CT molecular complexity index is 888. The van der Waals surface area contributed by atoms with Gasteiger partial charge in [-0.1, -0.05) is 18.2 Å². The van der Waals surface area contributed by atoms with Crippen molar-refractivity contribution in [1.29, 1.82) is 0 Å². The predicted octanol–water partition coefficient (Wildman–Crippen LogP) is 3.77. The van der Waals surface area contributed by atoms with E-state index in [9.17, 15) is 14.0 Å². The molecule has 1 heterocycles. The Balaban J connectivity index is 1.80. The van der Waals surface area contributed by atoms with E-state index in [2.05, 4.69) is 0 Å². The lowest BCUT2D eigenvalue weighted by molar-refractivity contribution is -0.150. The van der Waals surface area contributed by atoms with E-state index in [4.69, 9.17) is 14.2 Å². The molecule has 1 atom stereocenters. The molecule has 0 saturated heterocycles. The third-order valence-corrected chi connectivity index (χ3v) is 3.76. The largest absolute Gasteiger partial charge is 0.479 e. The van der Waals surface area contributed by atoms with Crippen molar-refractivity contribution < 1.29 is 28.2 Å². The standard InChI is InChI=1S/C20H17FO5/c1-3-24-20(23)12(2)25-14-8-9-15-17(11-14)26-18(19(15)22)10-13-6-4-5-7-16(13)21/h4-12H,3H2,1-2H3. The average molecular weight is 356 g/mol. The number of esters is 1. The zero-order chi connectivity index (χ0) is 18.7. The molecule has 0 radical (unpaired) electrons. The smallest absolute Gasteiger partial charge is 0.347 e. The van der Waals surface area contributed by atoms with Crippen LogP contribution in [-0.4, -0.2) is 24.5 Å². The van der Waals surface area contributed by atoms with Crippen molar-refractivity contribution in [3.63, 3.8) is 0 Å². The molecule has 6 heteroatoms. The van der Waals surface area contributed by atoms with Crippen molar-refractivity contribution >= 4 is 17.8 Å². The van der Waals surface area contributed by atoms with E-state index in [1.54, 1.807) is 44.2 Å². The molecule has 2 aromatic rings. The summed E-state index contributed by atoms with van der Waals surface area (Å²) in [6.45, 7) is 3.54. The Morgan fingerprint density at radius 3 is 2.77 bits per heavy atom. The van der Waals surface area contributed by atoms with Crippen molar-refractivity contribution in [1.82, 2.24) is 0 Å². The number of ether oxygens (including phenoxy) is 3. The summed E-state index contributed by atoms with van der Waals surface area (Å²) in [5.74, 6) is -0.575. The van der Waals surface area contributed by atoms with Crippen molar-refractivity contribution in [3.05, 3.63) is 65.2 Å². The molecular weight excluding hydrogens is 339 g/mol. The number of fused-ring (bicyclic) bond motifs is 1. The van der Waals surface area contributed by atoms with Crippen LogP contribution in [0.25, 0.3) is 6.08 Å². The predicted molar refractivity (Wildman–Crippen MR) is 92.5 cm³/mol. The van der Waals surface area contributed by atoms with Gasteiger partial charge in [0.1, 0.15) is 17.3 Å². The molecule has 26 heavy (non-hydrogen) atoms. The van der Waals surface area contributed by atoms with Gasteiger partial charge in [0.15, 0.2) is 11.9 Å². The first-order chi connectivity index (χ1) is 12.5. The second-order valence-corrected chi connectivity index (χ2v) is 5.63. The molecule has 134 valence electrons. The number of carbonyl (C=O) groups is 2. The van der Waals surface area contributed by atoms with Crippen LogP contribution in [0.4, 0.5) is 4.39 Å². The van der Waals surface area contributed by atoms with Gasteiger partial charge in [-0.2, -0.15) is 0 Å². The molecule has 1 unspecified atom stereocenters. The van der Waals surface area contributed by atoms with Gasteiger partial charge in [0, 0.05) is 11.6 Å². The molecule has 3 rings (SSSR count). The summed E-state index contributed by atoms with van der Waals surface area (Å²) in [6, 6.07) is 10.7. The summed E-state index contributed by atoms with van der Waals surface area (Å²) in [5, 5.41) is 0. The minimum atomic E-state index is -0.793. The van der Waals surface area contributed by atoms with Crippen molar-refractivity contribution in [2.75, 3.05) is 6.61 Å². The Hall–Kier alpha value is -3.15. The van der Waals surface area contributed by atoms with Gasteiger partial charge in [-0.05, 0) is 38.1 Å². The van der Waals surface area contributed by atoms with Crippen molar-refractivity contribution in [2.24, 2.45) is 0 Å². The van der Waals surface area contributed by atoms with E-state index in [0.717, 1.165) is 0 Å². The number of halogens is 1. The number of hydrogen-bond donors (Lipinski definition) is 0. The summed E-state index contributed by atoms with van der Waals surface area (Å²) in [6.07, 6.45) is 0.568. The molecule has 5 nitrogen and oxygen atoms in total. The first kappa shape index (κ1) is 17.7. The van der Waals surface area contributed by atoms with Gasteiger partial charge in [-0.3, -0.25) is 4.79 Å². The van der Waals surface area contributed by atoms with E-state index >= 15 is 0 Å². The van der Waals surface area contributed by atoms with Gasteiger partial charge in [0.2, 0.25) is 5.78 Å². The Morgan fingerprint density at radius 2 is 2.04 bits per heavy atom. The zero-order valence-electron chi connectivity index (χ0n) is 14.3. The summed E-state index contributed by atoms with van der Waals surface area (Å²) < 4.78 is 29.7. The number of allylic oxidation sites excluding steroid dienone is 1. The Morgan fingerprint density at radius 1 is 1.27 bits per heavy atom. The summed E-state index contributed by atoms with van der Waals surface area (Å²) >= 11 is 0. The van der Waals surface area contributed by atoms with Crippen LogP contribution in [0.5, 0.6) is 11.5 Å². The highest BCUT2D eigenvalue weighted by Gasteiger charge is 2.28. The lowest BCUT2D eigenvalue weighted by Gasteiger charge is -2.13. The molecule has 0 saturated carbocycles. The molecule has 0 bridgehead atoms. The fraction of sp³-hybridized carbons (Fsp3) is 0.200. The van der Waals surface area contributed by atoms with Crippen LogP contribution in [0, 0.1) is 5.82 Å². The van der Waals surface area contributed by atoms with Crippen LogP contribution in [-0.2, 0) is 9.53 Å². The molecule has 0 spiro atoms. The van der Waals surface area contributed by atoms with E-state index in [1.807, 2.05) is 0 Å². The molecule has 2 aromatic carbocycles. The SMILES string of the molecule is CCOC(=O)C(C)Oc1ccc2c(c1)OC(=Cc1ccccc1F)C2=O. The zero-order valence-corrected chi connectivity index (χ0v) is 14.3. The maximum atomic E-state index is 13.8. The lowest BCUT2D eigenvalue weighted by atomic mass is 10.1. The minimum absolute atomic E-state index is 0.0284. The second kappa shape index (κ2) is 7.39. The first-order valence-corrected chi connectivity index (χ1v) is 8.15. The van der Waals surface area contributed by atoms with E-state index in [-0.39, 0.29) is 23.7 Å². The highest BCUT2D eigenvalue weighted by Crippen LogP contribution is 2.35. The van der Waals surface area contributed by atoms with Gasteiger partial charge >= 0.3 is 5.97 Å². The van der Waals surface area contributed by atoms with Gasteiger partial charge in [0.05, 0.1) is 12.2 Å². The topological polar surface area (TPSA) is 61.8 Å². The molecule has 0 aliphatic carbocycles. The van der Waals surface area contributed by atoms with Crippen molar-refractivity contribution in [2.45, 2.75) is 20.0 Å². The molecule has 0 aromatic heterocycles. The molecule has 0 fully saturated rings. The number of carbonyl (C=O) groups excluding carboxylic acids is 2. The normalized spacial score (nSPS) is 15.3. The lowest BCUT2D eigenvalue weighted by Crippen LogP contribution is -2.26. The van der Waals surface area contributed by atoms with Crippen LogP contribution in [0.3, 0.4) is 0 Å². The number of benzene rings is 2. The van der Waals surface area contributed by atoms with E-state index < -0.39 is 17.9 Å². The molecule has 1 aliphatic rings. The Kier molecular flexibility index (Phi) is 5.02. The molecule has 0 amide bonds. The monoisotopic (exact) mass is 356 g/mol. The Labute approximate surface area is 150 Å². The van der Waals surface area contributed by atoms with Crippen molar-refractivity contribution in [3.8, 4) is 11.5 Å². The first-order valence-electron chi connectivity index (χ1n) is 8.15. The highest BCUT2D eigenvalue weighted by atomic mass is 19.1. The van der Waals surface area contributed by atoms with E-state index in [0.29, 0.717) is 17.1 Å². The van der Waals surface area contributed by atoms with Gasteiger partial charge in [0.25, 0.3) is 0 Å². The summed E-state index contributed by atoms with van der Waals surface area (Å²) in [7, 11) is 0. The minimum Gasteiger partial charge on any atom is -0.479 e. The third kappa shape index (κ3) is 3.59. The molecule has 0 N–H and O–H groups in total. The van der Waals surface area contributed by atoms with Gasteiger partial charge < -0.3 is 14.2 Å². The maximum Gasteiger partial charge on any atom is 0.347 e. The van der Waals surface area contributed by atoms with Crippen LogP contribution in [0.1, 0.15) is 29.8 Å². The van der Waals surface area contributed by atoms with Crippen LogP contribution in [0.15, 0.2) is 48.2 Å². The number of rotatable bonds is 5. The second-order valence-electron chi connectivity index (χ2n) is 5.63. The highest BCUT2D eigenvalue weighted by molar-refractivity contribution is 6.14. The average Bonchev–Trinajstić information content (AvgIpc) is 2.92. The number of Topliss-reactive ketones (excluding diaryl/α,β-unsaturated/α-hetero) is 1. The van der Waals surface area contributed by atoms with Crippen LogP contribution >= 0.6 is 0 Å². The summed E-state index contributed by atoms with van der Waals surface area (Å²) in [4.78, 5) is 24.1. The number of hydrogen-bond acceptors (Lipinski definition) is 5. The van der Waals surface area contributed by atoms with Crippen LogP contribution in [0.2, 0.25) is 0 Å². The summed E-state index contributed by atoms with van der Waals surface area (Å²) in [5.41, 5.74) is 0.611.